The van der Waals surface area contributed by atoms with Crippen LogP contribution in [0, 0.1) is 11.8 Å². The van der Waals surface area contributed by atoms with E-state index < -0.39 is 0 Å². The van der Waals surface area contributed by atoms with Gasteiger partial charge in [0, 0.05) is 5.92 Å². The number of hydrogen-bond donors (Lipinski definition) is 0. The molecule has 0 fully saturated rings. The predicted molar refractivity (Wildman–Crippen MR) is 79.5 cm³/mol. The van der Waals surface area contributed by atoms with Crippen molar-refractivity contribution in [2.75, 3.05) is 6.54 Å². The number of nitrogens with zero attached hydrogens (tertiary/aromatic N) is 1. The average molecular weight is 260 g/mol. The van der Waals surface area contributed by atoms with E-state index in [-0.39, 0.29) is 6.10 Å². The van der Waals surface area contributed by atoms with E-state index in [0.717, 1.165) is 12.4 Å². The molecular formula is C17H26NO+. The number of hydrogen-bond acceptors (Lipinski definition) is 1. The van der Waals surface area contributed by atoms with Gasteiger partial charge in [-0.1, -0.05) is 44.2 Å². The number of ether oxygens (including phenoxy) is 1. The molecule has 0 amide bonds. The molecule has 2 rings (SSSR count). The fourth-order valence-electron chi connectivity index (χ4n) is 3.03. The van der Waals surface area contributed by atoms with Gasteiger partial charge in [0.15, 0.2) is 12.1 Å². The molecule has 0 aliphatic carbocycles. The van der Waals surface area contributed by atoms with Crippen LogP contribution in [0.3, 0.4) is 0 Å². The van der Waals surface area contributed by atoms with Gasteiger partial charge in [0.1, 0.15) is 6.54 Å². The summed E-state index contributed by atoms with van der Waals surface area (Å²) in [6.45, 7) is 12.2. The topological polar surface area (TPSA) is 12.2 Å². The second-order valence-corrected chi connectivity index (χ2v) is 5.96. The Morgan fingerprint density at radius 3 is 2.21 bits per heavy atom. The lowest BCUT2D eigenvalue weighted by Gasteiger charge is -2.19. The summed E-state index contributed by atoms with van der Waals surface area (Å²) >= 11 is 0. The van der Waals surface area contributed by atoms with Gasteiger partial charge in [-0.25, -0.2) is 0 Å². The third kappa shape index (κ3) is 2.68. The van der Waals surface area contributed by atoms with Crippen molar-refractivity contribution in [3.63, 3.8) is 0 Å². The van der Waals surface area contributed by atoms with Crippen molar-refractivity contribution < 1.29 is 9.31 Å². The van der Waals surface area contributed by atoms with Crippen LogP contribution in [0.2, 0.25) is 0 Å². The van der Waals surface area contributed by atoms with Gasteiger partial charge in [-0.15, -0.1) is 0 Å². The van der Waals surface area contributed by atoms with Gasteiger partial charge in [0.2, 0.25) is 0 Å². The van der Waals surface area contributed by atoms with E-state index in [1.165, 1.54) is 5.56 Å². The Labute approximate surface area is 117 Å². The first-order valence-electron chi connectivity index (χ1n) is 7.41. The Kier molecular flexibility index (Phi) is 4.28. The Balaban J connectivity index is 2.39. The van der Waals surface area contributed by atoms with E-state index in [0.29, 0.717) is 17.9 Å². The first kappa shape index (κ1) is 14.1. The summed E-state index contributed by atoms with van der Waals surface area (Å²) < 4.78 is 8.78. The first-order valence-corrected chi connectivity index (χ1v) is 7.41. The minimum Gasteiger partial charge on any atom is -0.432 e. The summed E-state index contributed by atoms with van der Waals surface area (Å²) in [6, 6.07) is 11.0. The standard InChI is InChI=1S/C17H26NO/c1-6-18-15(12(2)3)16(19-17(18)13(4)5)14-10-8-7-9-11-14/h7-13,15-16H,6H2,1-5H3/q+1/t15-,16+/m1/s1. The highest BCUT2D eigenvalue weighted by Gasteiger charge is 2.46. The molecule has 1 aliphatic heterocycles. The van der Waals surface area contributed by atoms with Gasteiger partial charge in [-0.05, 0) is 26.3 Å². The maximum absolute atomic E-state index is 6.33. The predicted octanol–water partition coefficient (Wildman–Crippen LogP) is 3.87. The van der Waals surface area contributed by atoms with Crippen LogP contribution in [0.25, 0.3) is 0 Å². The highest BCUT2D eigenvalue weighted by Crippen LogP contribution is 2.34. The van der Waals surface area contributed by atoms with Crippen molar-refractivity contribution in [1.82, 2.24) is 0 Å². The maximum Gasteiger partial charge on any atom is 0.340 e. The van der Waals surface area contributed by atoms with E-state index in [4.69, 9.17) is 4.74 Å². The molecule has 0 N–H and O–H groups in total. The number of benzene rings is 1. The van der Waals surface area contributed by atoms with Crippen molar-refractivity contribution in [1.29, 1.82) is 0 Å². The smallest absolute Gasteiger partial charge is 0.340 e. The van der Waals surface area contributed by atoms with Crippen molar-refractivity contribution in [3.8, 4) is 0 Å². The lowest BCUT2D eigenvalue weighted by molar-refractivity contribution is -0.566. The molecule has 1 aromatic rings. The molecule has 0 spiro atoms. The Morgan fingerprint density at radius 1 is 1.11 bits per heavy atom. The molecule has 0 saturated carbocycles. The summed E-state index contributed by atoms with van der Waals surface area (Å²) in [7, 11) is 0. The first-order chi connectivity index (χ1) is 9.06. The molecule has 0 aromatic heterocycles. The maximum atomic E-state index is 6.33. The van der Waals surface area contributed by atoms with Crippen LogP contribution < -0.4 is 0 Å². The molecule has 2 nitrogen and oxygen atoms in total. The summed E-state index contributed by atoms with van der Waals surface area (Å²) in [4.78, 5) is 0. The Hall–Kier alpha value is -1.31. The van der Waals surface area contributed by atoms with E-state index in [9.17, 15) is 0 Å². The SMILES string of the molecule is CC[N+]1=C(C(C)C)O[C@@H](c2ccccc2)[C@H]1C(C)C. The lowest BCUT2D eigenvalue weighted by Crippen LogP contribution is -2.33. The van der Waals surface area contributed by atoms with Gasteiger partial charge >= 0.3 is 5.90 Å². The zero-order valence-electron chi connectivity index (χ0n) is 12.8. The molecule has 1 aliphatic rings. The van der Waals surface area contributed by atoms with E-state index in [2.05, 4.69) is 69.5 Å². The number of rotatable bonds is 4. The molecule has 0 radical (unpaired) electrons. The molecule has 1 aromatic carbocycles. The van der Waals surface area contributed by atoms with Crippen LogP contribution in [0.15, 0.2) is 30.3 Å². The van der Waals surface area contributed by atoms with Crippen LogP contribution in [-0.4, -0.2) is 23.1 Å². The van der Waals surface area contributed by atoms with Crippen LogP contribution >= 0.6 is 0 Å². The van der Waals surface area contributed by atoms with Gasteiger partial charge in [0.05, 0.1) is 5.92 Å². The zero-order valence-corrected chi connectivity index (χ0v) is 12.8. The van der Waals surface area contributed by atoms with E-state index >= 15 is 0 Å². The van der Waals surface area contributed by atoms with Crippen LogP contribution in [0.1, 0.15) is 46.3 Å². The van der Waals surface area contributed by atoms with Crippen LogP contribution in [0.5, 0.6) is 0 Å². The molecular weight excluding hydrogens is 234 g/mol. The lowest BCUT2D eigenvalue weighted by atomic mass is 9.93. The van der Waals surface area contributed by atoms with Crippen molar-refractivity contribution in [2.24, 2.45) is 11.8 Å². The second-order valence-electron chi connectivity index (χ2n) is 5.96. The Bertz CT molecular complexity index is 448. The van der Waals surface area contributed by atoms with Gasteiger partial charge < -0.3 is 4.74 Å². The number of likely N-dealkylation sites (N-methyl/N-ethyl adjacent to an activating group) is 1. The molecule has 0 unspecified atom stereocenters. The molecule has 1 heterocycles. The Morgan fingerprint density at radius 2 is 1.74 bits per heavy atom. The highest BCUT2D eigenvalue weighted by atomic mass is 16.5. The van der Waals surface area contributed by atoms with Crippen molar-refractivity contribution >= 4 is 5.90 Å². The summed E-state index contributed by atoms with van der Waals surface area (Å²) in [6.07, 6.45) is 0.165. The van der Waals surface area contributed by atoms with E-state index in [1.807, 2.05) is 0 Å². The minimum atomic E-state index is 0.165. The fraction of sp³-hybridized carbons (Fsp3) is 0.588. The minimum absolute atomic E-state index is 0.165. The molecule has 0 saturated heterocycles. The molecule has 19 heavy (non-hydrogen) atoms. The third-order valence-corrected chi connectivity index (χ3v) is 3.85. The summed E-state index contributed by atoms with van der Waals surface area (Å²) in [5, 5.41) is 0. The van der Waals surface area contributed by atoms with Gasteiger partial charge in [0.25, 0.3) is 0 Å². The fourth-order valence-corrected chi connectivity index (χ4v) is 3.03. The average Bonchev–Trinajstić information content (AvgIpc) is 2.79. The molecule has 0 bridgehead atoms. The molecule has 2 atom stereocenters. The van der Waals surface area contributed by atoms with Crippen molar-refractivity contribution in [3.05, 3.63) is 35.9 Å². The van der Waals surface area contributed by atoms with Crippen LogP contribution in [-0.2, 0) is 4.74 Å². The normalized spacial score (nSPS) is 23.3. The monoisotopic (exact) mass is 260 g/mol. The summed E-state index contributed by atoms with van der Waals surface area (Å²) in [5.74, 6) is 2.16. The second kappa shape index (κ2) is 5.77. The third-order valence-electron chi connectivity index (χ3n) is 3.85. The molecule has 2 heteroatoms. The van der Waals surface area contributed by atoms with Crippen LogP contribution in [0.4, 0.5) is 0 Å². The summed E-state index contributed by atoms with van der Waals surface area (Å²) in [5.41, 5.74) is 1.29. The largest absolute Gasteiger partial charge is 0.432 e. The van der Waals surface area contributed by atoms with E-state index in [1.54, 1.807) is 0 Å². The van der Waals surface area contributed by atoms with Gasteiger partial charge in [-0.2, -0.15) is 4.58 Å². The zero-order chi connectivity index (χ0) is 14.0. The van der Waals surface area contributed by atoms with Gasteiger partial charge in [-0.3, -0.25) is 0 Å². The highest BCUT2D eigenvalue weighted by molar-refractivity contribution is 5.74. The quantitative estimate of drug-likeness (QED) is 0.749. The molecule has 104 valence electrons. The van der Waals surface area contributed by atoms with Crippen molar-refractivity contribution in [2.45, 2.75) is 46.8 Å².